The minimum Gasteiger partial charge on any atom is -0.495 e. The molecule has 35 heavy (non-hydrogen) atoms. The smallest absolute Gasteiger partial charge is 0.336 e. The largest absolute Gasteiger partial charge is 0.495 e. The second kappa shape index (κ2) is 12.4. The molecule has 0 aliphatic rings. The summed E-state index contributed by atoms with van der Waals surface area (Å²) in [6, 6.07) is 20.7. The molecule has 0 saturated heterocycles. The number of carbonyl (C=O) groups excluding carboxylic acids is 3. The van der Waals surface area contributed by atoms with Gasteiger partial charge in [0.1, 0.15) is 5.75 Å². The van der Waals surface area contributed by atoms with Crippen LogP contribution in [0, 0.1) is 0 Å². The maximum absolute atomic E-state index is 12.1. The Bertz CT molecular complexity index is 1250. The van der Waals surface area contributed by atoms with Gasteiger partial charge in [-0.3, -0.25) is 9.59 Å². The van der Waals surface area contributed by atoms with Crippen LogP contribution in [0.2, 0.25) is 0 Å². The van der Waals surface area contributed by atoms with Crippen molar-refractivity contribution in [2.75, 3.05) is 19.5 Å². The zero-order chi connectivity index (χ0) is 25.0. The molecule has 3 aromatic rings. The molecule has 0 aromatic heterocycles. The Kier molecular flexibility index (Phi) is 8.73. The second-order valence-electron chi connectivity index (χ2n) is 6.93. The van der Waals surface area contributed by atoms with Crippen molar-refractivity contribution < 1.29 is 28.6 Å². The number of carbonyl (C=O) groups is 3. The molecule has 0 aliphatic carbocycles. The van der Waals surface area contributed by atoms with Gasteiger partial charge in [0.05, 0.1) is 26.1 Å². The quantitative estimate of drug-likeness (QED) is 0.129. The summed E-state index contributed by atoms with van der Waals surface area (Å²) in [6.45, 7) is 0. The van der Waals surface area contributed by atoms with E-state index in [9.17, 15) is 14.4 Å². The molecule has 9 heteroatoms. The van der Waals surface area contributed by atoms with Crippen LogP contribution in [0.25, 0.3) is 6.08 Å². The number of benzene rings is 3. The third-order valence-corrected chi connectivity index (χ3v) is 4.55. The lowest BCUT2D eigenvalue weighted by Gasteiger charge is -2.09. The lowest BCUT2D eigenvalue weighted by atomic mass is 10.2. The molecule has 2 N–H and O–H groups in total. The average molecular weight is 473 g/mol. The number of ether oxygens (including phenoxy) is 3. The number of anilines is 1. The van der Waals surface area contributed by atoms with Gasteiger partial charge < -0.3 is 19.5 Å². The monoisotopic (exact) mass is 473 g/mol. The molecular formula is C26H23N3O6. The van der Waals surface area contributed by atoms with Gasteiger partial charge in [0.25, 0.3) is 0 Å². The fraction of sp³-hybridized carbons (Fsp3) is 0.0769. The Morgan fingerprint density at radius 1 is 0.771 bits per heavy atom. The fourth-order valence-corrected chi connectivity index (χ4v) is 2.86. The predicted octanol–water partition coefficient (Wildman–Crippen LogP) is 3.41. The Balaban J connectivity index is 1.57. The SMILES string of the molecule is COc1ccccc1NC(=O)C(=O)N/N=C/c1ccc(OC(=O)/C=C/c2ccccc2)c(OC)c1. The molecule has 0 saturated carbocycles. The molecule has 0 aliphatic heterocycles. The van der Waals surface area contributed by atoms with Crippen molar-refractivity contribution in [3.63, 3.8) is 0 Å². The predicted molar refractivity (Wildman–Crippen MR) is 131 cm³/mol. The van der Waals surface area contributed by atoms with Crippen LogP contribution in [0.5, 0.6) is 17.2 Å². The summed E-state index contributed by atoms with van der Waals surface area (Å²) in [5.74, 6) is -1.52. The molecule has 9 nitrogen and oxygen atoms in total. The summed E-state index contributed by atoms with van der Waals surface area (Å²) >= 11 is 0. The van der Waals surface area contributed by atoms with E-state index in [1.807, 2.05) is 30.3 Å². The molecule has 3 rings (SSSR count). The first kappa shape index (κ1) is 24.7. The molecule has 3 aromatic carbocycles. The van der Waals surface area contributed by atoms with Crippen LogP contribution in [0.4, 0.5) is 5.69 Å². The summed E-state index contributed by atoms with van der Waals surface area (Å²) < 4.78 is 15.7. The Morgan fingerprint density at radius 3 is 2.23 bits per heavy atom. The van der Waals surface area contributed by atoms with Gasteiger partial charge in [-0.1, -0.05) is 42.5 Å². The van der Waals surface area contributed by atoms with Gasteiger partial charge in [-0.15, -0.1) is 0 Å². The number of hydrogen-bond acceptors (Lipinski definition) is 7. The molecule has 0 spiro atoms. The van der Waals surface area contributed by atoms with Crippen LogP contribution in [-0.4, -0.2) is 38.2 Å². The summed E-state index contributed by atoms with van der Waals surface area (Å²) in [5.41, 5.74) is 3.90. The van der Waals surface area contributed by atoms with Crippen molar-refractivity contribution in [1.82, 2.24) is 5.43 Å². The number of esters is 1. The van der Waals surface area contributed by atoms with Gasteiger partial charge in [0.2, 0.25) is 0 Å². The Hall–Kier alpha value is -4.92. The van der Waals surface area contributed by atoms with E-state index in [2.05, 4.69) is 15.8 Å². The highest BCUT2D eigenvalue weighted by molar-refractivity contribution is 6.39. The summed E-state index contributed by atoms with van der Waals surface area (Å²) in [5, 5.41) is 6.24. The molecule has 0 heterocycles. The number of rotatable bonds is 8. The minimum atomic E-state index is -0.963. The maximum atomic E-state index is 12.1. The maximum Gasteiger partial charge on any atom is 0.336 e. The van der Waals surface area contributed by atoms with Gasteiger partial charge in [-0.2, -0.15) is 5.10 Å². The molecule has 0 atom stereocenters. The van der Waals surface area contributed by atoms with Gasteiger partial charge >= 0.3 is 17.8 Å². The van der Waals surface area contributed by atoms with Crippen LogP contribution in [0.15, 0.2) is 84.0 Å². The van der Waals surface area contributed by atoms with Gasteiger partial charge in [0.15, 0.2) is 11.5 Å². The molecule has 2 amide bonds. The number of para-hydroxylation sites is 2. The van der Waals surface area contributed by atoms with Crippen LogP contribution < -0.4 is 25.0 Å². The molecule has 178 valence electrons. The Labute approximate surface area is 202 Å². The normalized spacial score (nSPS) is 10.7. The van der Waals surface area contributed by atoms with Crippen LogP contribution in [0.1, 0.15) is 11.1 Å². The van der Waals surface area contributed by atoms with E-state index in [1.165, 1.54) is 32.6 Å². The van der Waals surface area contributed by atoms with Crippen LogP contribution in [0.3, 0.4) is 0 Å². The number of nitrogens with one attached hydrogen (secondary N) is 2. The summed E-state index contributed by atoms with van der Waals surface area (Å²) in [7, 11) is 2.88. The van der Waals surface area contributed by atoms with Crippen LogP contribution >= 0.6 is 0 Å². The van der Waals surface area contributed by atoms with E-state index in [0.29, 0.717) is 17.0 Å². The number of amides is 2. The van der Waals surface area contributed by atoms with E-state index < -0.39 is 17.8 Å². The highest BCUT2D eigenvalue weighted by atomic mass is 16.6. The summed E-state index contributed by atoms with van der Waals surface area (Å²) in [4.78, 5) is 36.3. The lowest BCUT2D eigenvalue weighted by molar-refractivity contribution is -0.136. The molecule has 0 unspecified atom stereocenters. The van der Waals surface area contributed by atoms with Gasteiger partial charge in [-0.05, 0) is 47.5 Å². The van der Waals surface area contributed by atoms with Crippen LogP contribution in [-0.2, 0) is 14.4 Å². The number of hydrogen-bond donors (Lipinski definition) is 2. The zero-order valence-electron chi connectivity index (χ0n) is 19.1. The minimum absolute atomic E-state index is 0.215. The molecular weight excluding hydrogens is 450 g/mol. The van der Waals surface area contributed by atoms with E-state index in [0.717, 1.165) is 5.56 Å². The molecule has 0 bridgehead atoms. The fourth-order valence-electron chi connectivity index (χ4n) is 2.86. The van der Waals surface area contributed by atoms with Gasteiger partial charge in [0, 0.05) is 6.08 Å². The molecule has 0 radical (unpaired) electrons. The van der Waals surface area contributed by atoms with Gasteiger partial charge in [-0.25, -0.2) is 10.2 Å². The Morgan fingerprint density at radius 2 is 1.49 bits per heavy atom. The van der Waals surface area contributed by atoms with Crippen molar-refractivity contribution >= 4 is 35.8 Å². The average Bonchev–Trinajstić information content (AvgIpc) is 2.89. The van der Waals surface area contributed by atoms with E-state index in [4.69, 9.17) is 14.2 Å². The standard InChI is InChI=1S/C26H23N3O6/c1-33-21-11-7-6-10-20(21)28-25(31)26(32)29-27-17-19-12-14-22(23(16-19)34-2)35-24(30)15-13-18-8-4-3-5-9-18/h3-17H,1-2H3,(H,28,31)(H,29,32)/b15-13+,27-17+. The number of methoxy groups -OCH3 is 2. The highest BCUT2D eigenvalue weighted by Gasteiger charge is 2.15. The highest BCUT2D eigenvalue weighted by Crippen LogP contribution is 2.28. The first-order valence-corrected chi connectivity index (χ1v) is 10.4. The number of nitrogens with zero attached hydrogens (tertiary/aromatic N) is 1. The summed E-state index contributed by atoms with van der Waals surface area (Å²) in [6.07, 6.45) is 4.27. The van der Waals surface area contributed by atoms with Crippen molar-refractivity contribution in [3.8, 4) is 17.2 Å². The van der Waals surface area contributed by atoms with Crippen molar-refractivity contribution in [2.24, 2.45) is 5.10 Å². The van der Waals surface area contributed by atoms with E-state index >= 15 is 0 Å². The third kappa shape index (κ3) is 7.29. The first-order valence-electron chi connectivity index (χ1n) is 10.4. The zero-order valence-corrected chi connectivity index (χ0v) is 19.1. The van der Waals surface area contributed by atoms with Crippen molar-refractivity contribution in [1.29, 1.82) is 0 Å². The topological polar surface area (TPSA) is 115 Å². The molecule has 0 fully saturated rings. The number of hydrazone groups is 1. The second-order valence-corrected chi connectivity index (χ2v) is 6.93. The third-order valence-electron chi connectivity index (χ3n) is 4.55. The van der Waals surface area contributed by atoms with Crippen molar-refractivity contribution in [2.45, 2.75) is 0 Å². The van der Waals surface area contributed by atoms with Crippen molar-refractivity contribution in [3.05, 3.63) is 90.0 Å². The van der Waals surface area contributed by atoms with E-state index in [-0.39, 0.29) is 11.5 Å². The first-order chi connectivity index (χ1) is 17.0. The lowest BCUT2D eigenvalue weighted by Crippen LogP contribution is -2.32. The van der Waals surface area contributed by atoms with E-state index in [1.54, 1.807) is 42.5 Å².